The number of aryl methyl sites for hydroxylation is 2. The molecule has 0 heterocycles. The van der Waals surface area contributed by atoms with E-state index in [1.807, 2.05) is 0 Å². The van der Waals surface area contributed by atoms with E-state index in [4.69, 9.17) is 4.74 Å². The molecule has 0 aliphatic rings. The summed E-state index contributed by atoms with van der Waals surface area (Å²) in [5, 5.41) is 0. The quantitative estimate of drug-likeness (QED) is 0.618. The van der Waals surface area contributed by atoms with Crippen molar-refractivity contribution >= 4 is 27.6 Å². The lowest BCUT2D eigenvalue weighted by Gasteiger charge is -2.22. The van der Waals surface area contributed by atoms with Gasteiger partial charge in [-0.3, -0.25) is 9.59 Å². The molecule has 25 heavy (non-hydrogen) atoms. The van der Waals surface area contributed by atoms with Gasteiger partial charge in [-0.15, -0.1) is 0 Å². The lowest BCUT2D eigenvalue weighted by molar-refractivity contribution is -0.131. The average Bonchev–Trinajstić information content (AvgIpc) is 2.50. The number of benzene rings is 2. The molecule has 0 aromatic heterocycles. The predicted molar refractivity (Wildman–Crippen MR) is 94.0 cm³/mol. The van der Waals surface area contributed by atoms with Crippen molar-refractivity contribution in [2.75, 3.05) is 4.31 Å². The Balaban J connectivity index is 2.52. The number of sulfonamides is 1. The van der Waals surface area contributed by atoms with Crippen LogP contribution in [0.5, 0.6) is 5.75 Å². The number of anilines is 1. The first-order valence-corrected chi connectivity index (χ1v) is 8.98. The van der Waals surface area contributed by atoms with Crippen LogP contribution in [0.4, 0.5) is 5.69 Å². The van der Waals surface area contributed by atoms with Gasteiger partial charge in [0.05, 0.1) is 10.6 Å². The van der Waals surface area contributed by atoms with Crippen LogP contribution in [0.3, 0.4) is 0 Å². The maximum atomic E-state index is 13.0. The molecule has 0 aliphatic carbocycles. The van der Waals surface area contributed by atoms with Crippen molar-refractivity contribution in [1.82, 2.24) is 0 Å². The molecule has 7 heteroatoms. The van der Waals surface area contributed by atoms with Crippen molar-refractivity contribution in [2.24, 2.45) is 0 Å². The topological polar surface area (TPSA) is 80.8 Å². The SMILES string of the molecule is CC(=O)Oc1ccc(N(C(C)=O)S(=O)(=O)c2cc(C)ccc2C)cc1. The third-order valence-electron chi connectivity index (χ3n) is 3.48. The van der Waals surface area contributed by atoms with Gasteiger partial charge in [-0.25, -0.2) is 12.7 Å². The van der Waals surface area contributed by atoms with Crippen LogP contribution in [0.1, 0.15) is 25.0 Å². The minimum absolute atomic E-state index is 0.0757. The minimum atomic E-state index is -4.07. The van der Waals surface area contributed by atoms with E-state index in [0.717, 1.165) is 9.87 Å². The summed E-state index contributed by atoms with van der Waals surface area (Å²) in [4.78, 5) is 23.1. The number of ether oxygens (including phenoxy) is 1. The summed E-state index contributed by atoms with van der Waals surface area (Å²) in [6.45, 7) is 5.91. The van der Waals surface area contributed by atoms with E-state index < -0.39 is 21.9 Å². The smallest absolute Gasteiger partial charge is 0.308 e. The van der Waals surface area contributed by atoms with E-state index in [1.54, 1.807) is 26.0 Å². The monoisotopic (exact) mass is 361 g/mol. The predicted octanol–water partition coefficient (Wildman–Crippen LogP) is 2.97. The summed E-state index contributed by atoms with van der Waals surface area (Å²) >= 11 is 0. The average molecular weight is 361 g/mol. The van der Waals surface area contributed by atoms with Gasteiger partial charge in [-0.2, -0.15) is 0 Å². The standard InChI is InChI=1S/C18H19NO5S/c1-12-5-6-13(2)18(11-12)25(22,23)19(14(3)20)16-7-9-17(10-8-16)24-15(4)21/h5-11H,1-4H3. The first-order chi connectivity index (χ1) is 11.6. The molecule has 0 bridgehead atoms. The molecule has 0 fully saturated rings. The van der Waals surface area contributed by atoms with Crippen LogP contribution < -0.4 is 9.04 Å². The summed E-state index contributed by atoms with van der Waals surface area (Å²) in [5.41, 5.74) is 1.50. The van der Waals surface area contributed by atoms with Crippen molar-refractivity contribution in [3.05, 3.63) is 53.6 Å². The fraction of sp³-hybridized carbons (Fsp3) is 0.222. The summed E-state index contributed by atoms with van der Waals surface area (Å²) in [7, 11) is -4.07. The summed E-state index contributed by atoms with van der Waals surface area (Å²) < 4.78 is 31.7. The Morgan fingerprint density at radius 2 is 1.56 bits per heavy atom. The van der Waals surface area contributed by atoms with Crippen LogP contribution in [-0.4, -0.2) is 20.3 Å². The highest BCUT2D eigenvalue weighted by Gasteiger charge is 2.30. The first kappa shape index (κ1) is 18.7. The number of hydrogen-bond donors (Lipinski definition) is 0. The number of esters is 1. The van der Waals surface area contributed by atoms with E-state index in [2.05, 4.69) is 0 Å². The van der Waals surface area contributed by atoms with Gasteiger partial charge in [0.2, 0.25) is 5.91 Å². The van der Waals surface area contributed by atoms with Gasteiger partial charge in [0.25, 0.3) is 10.0 Å². The van der Waals surface area contributed by atoms with Gasteiger partial charge in [-0.05, 0) is 55.3 Å². The molecular formula is C18H19NO5S. The minimum Gasteiger partial charge on any atom is -0.427 e. The maximum Gasteiger partial charge on any atom is 0.308 e. The molecule has 6 nitrogen and oxygen atoms in total. The Hall–Kier alpha value is -2.67. The van der Waals surface area contributed by atoms with Gasteiger partial charge >= 0.3 is 5.97 Å². The van der Waals surface area contributed by atoms with E-state index in [9.17, 15) is 18.0 Å². The Morgan fingerprint density at radius 3 is 2.08 bits per heavy atom. The second-order valence-electron chi connectivity index (χ2n) is 5.64. The van der Waals surface area contributed by atoms with Crippen LogP contribution in [0, 0.1) is 13.8 Å². The van der Waals surface area contributed by atoms with Crippen LogP contribution in [0.25, 0.3) is 0 Å². The van der Waals surface area contributed by atoms with Gasteiger partial charge in [0, 0.05) is 13.8 Å². The van der Waals surface area contributed by atoms with E-state index in [0.29, 0.717) is 5.56 Å². The Labute approximate surface area is 147 Å². The molecule has 0 unspecified atom stereocenters. The first-order valence-electron chi connectivity index (χ1n) is 7.54. The van der Waals surface area contributed by atoms with E-state index in [1.165, 1.54) is 44.2 Å². The molecule has 0 atom stereocenters. The largest absolute Gasteiger partial charge is 0.427 e. The third kappa shape index (κ3) is 4.06. The Morgan fingerprint density at radius 1 is 0.960 bits per heavy atom. The molecular weight excluding hydrogens is 342 g/mol. The molecule has 0 saturated heterocycles. The molecule has 0 spiro atoms. The molecule has 132 valence electrons. The third-order valence-corrected chi connectivity index (χ3v) is 5.43. The van der Waals surface area contributed by atoms with Crippen molar-refractivity contribution in [3.63, 3.8) is 0 Å². The number of carbonyl (C=O) groups excluding carboxylic acids is 2. The van der Waals surface area contributed by atoms with Crippen LogP contribution in [0.15, 0.2) is 47.4 Å². The molecule has 0 N–H and O–H groups in total. The summed E-state index contributed by atoms with van der Waals surface area (Å²) in [6.07, 6.45) is 0. The van der Waals surface area contributed by atoms with E-state index >= 15 is 0 Å². The molecule has 2 aromatic carbocycles. The van der Waals surface area contributed by atoms with Crippen molar-refractivity contribution in [3.8, 4) is 5.75 Å². The zero-order valence-electron chi connectivity index (χ0n) is 14.4. The second kappa shape index (κ2) is 7.06. The molecule has 2 rings (SSSR count). The number of carbonyl (C=O) groups is 2. The highest BCUT2D eigenvalue weighted by molar-refractivity contribution is 7.93. The zero-order valence-corrected chi connectivity index (χ0v) is 15.3. The van der Waals surface area contributed by atoms with Crippen LogP contribution in [0.2, 0.25) is 0 Å². The maximum absolute atomic E-state index is 13.0. The molecule has 2 aromatic rings. The lowest BCUT2D eigenvalue weighted by atomic mass is 10.2. The number of nitrogens with zero attached hydrogens (tertiary/aromatic N) is 1. The van der Waals surface area contributed by atoms with E-state index in [-0.39, 0.29) is 16.3 Å². The molecule has 0 radical (unpaired) electrons. The fourth-order valence-electron chi connectivity index (χ4n) is 2.39. The van der Waals surface area contributed by atoms with Gasteiger partial charge < -0.3 is 4.74 Å². The number of amides is 1. The summed E-state index contributed by atoms with van der Waals surface area (Å²) in [5.74, 6) is -0.857. The molecule has 1 amide bonds. The number of rotatable bonds is 4. The van der Waals surface area contributed by atoms with Gasteiger partial charge in [-0.1, -0.05) is 12.1 Å². The Kier molecular flexibility index (Phi) is 5.27. The second-order valence-corrected chi connectivity index (χ2v) is 7.40. The van der Waals surface area contributed by atoms with Crippen molar-refractivity contribution in [1.29, 1.82) is 0 Å². The highest BCUT2D eigenvalue weighted by atomic mass is 32.2. The zero-order chi connectivity index (χ0) is 18.8. The van der Waals surface area contributed by atoms with Crippen molar-refractivity contribution in [2.45, 2.75) is 32.6 Å². The molecule has 0 saturated carbocycles. The molecule has 0 aliphatic heterocycles. The summed E-state index contributed by atoms with van der Waals surface area (Å²) in [6, 6.07) is 10.7. The highest BCUT2D eigenvalue weighted by Crippen LogP contribution is 2.28. The lowest BCUT2D eigenvalue weighted by Crippen LogP contribution is -2.35. The Bertz CT molecular complexity index is 917. The van der Waals surface area contributed by atoms with Crippen LogP contribution in [-0.2, 0) is 19.6 Å². The van der Waals surface area contributed by atoms with Gasteiger partial charge in [0.15, 0.2) is 0 Å². The van der Waals surface area contributed by atoms with Gasteiger partial charge in [0.1, 0.15) is 5.75 Å². The fourth-order valence-corrected chi connectivity index (χ4v) is 4.13. The number of hydrogen-bond acceptors (Lipinski definition) is 5. The van der Waals surface area contributed by atoms with Crippen molar-refractivity contribution < 1.29 is 22.7 Å². The normalized spacial score (nSPS) is 11.0. The van der Waals surface area contributed by atoms with Crippen LogP contribution >= 0.6 is 0 Å².